The van der Waals surface area contributed by atoms with Crippen molar-refractivity contribution in [1.29, 1.82) is 0 Å². The number of hydrogen-bond acceptors (Lipinski definition) is 3. The standard InChI is InChI=1S/C23H23N5S/c1-18-9-6-7-10-20(18)16-26(2)17-27-23(29)28(21-12-4-3-5-13-21)22(25-27)19-11-8-14-24-15-19/h3-15H,16-17H2,1-2H3/p+1. The average molecular weight is 403 g/mol. The van der Waals surface area contributed by atoms with Gasteiger partial charge in [0.25, 0.3) is 0 Å². The number of para-hydroxylation sites is 1. The summed E-state index contributed by atoms with van der Waals surface area (Å²) in [6, 6.07) is 22.5. The maximum atomic E-state index is 5.83. The Bertz CT molecular complexity index is 1150. The Morgan fingerprint density at radius 2 is 1.72 bits per heavy atom. The molecule has 0 saturated carbocycles. The Morgan fingerprint density at radius 3 is 2.45 bits per heavy atom. The summed E-state index contributed by atoms with van der Waals surface area (Å²) in [6.07, 6.45) is 3.59. The smallest absolute Gasteiger partial charge is 0.207 e. The minimum atomic E-state index is 0.680. The number of rotatable bonds is 6. The van der Waals surface area contributed by atoms with E-state index in [-0.39, 0.29) is 0 Å². The summed E-state index contributed by atoms with van der Waals surface area (Å²) in [5.41, 5.74) is 4.59. The van der Waals surface area contributed by atoms with Gasteiger partial charge in [0, 0.05) is 29.2 Å². The maximum Gasteiger partial charge on any atom is 0.207 e. The topological polar surface area (TPSA) is 40.1 Å². The van der Waals surface area contributed by atoms with Crippen molar-refractivity contribution < 1.29 is 4.90 Å². The molecule has 2 aromatic carbocycles. The van der Waals surface area contributed by atoms with Gasteiger partial charge in [-0.3, -0.25) is 9.55 Å². The number of pyridine rings is 1. The van der Waals surface area contributed by atoms with Crippen molar-refractivity contribution >= 4 is 12.2 Å². The van der Waals surface area contributed by atoms with E-state index in [9.17, 15) is 0 Å². The van der Waals surface area contributed by atoms with Crippen LogP contribution < -0.4 is 4.90 Å². The third-order valence-electron chi connectivity index (χ3n) is 4.95. The lowest BCUT2D eigenvalue weighted by Crippen LogP contribution is -3.07. The van der Waals surface area contributed by atoms with Crippen LogP contribution in [0.4, 0.5) is 0 Å². The second-order valence-corrected chi connectivity index (χ2v) is 7.60. The van der Waals surface area contributed by atoms with Crippen molar-refractivity contribution in [3.05, 3.63) is 95.0 Å². The van der Waals surface area contributed by atoms with Crippen molar-refractivity contribution in [2.75, 3.05) is 7.05 Å². The fourth-order valence-corrected chi connectivity index (χ4v) is 3.74. The van der Waals surface area contributed by atoms with E-state index in [1.54, 1.807) is 6.20 Å². The van der Waals surface area contributed by atoms with Gasteiger partial charge in [-0.05, 0) is 49.0 Å². The molecule has 0 spiro atoms. The van der Waals surface area contributed by atoms with Crippen LogP contribution >= 0.6 is 12.2 Å². The molecule has 146 valence electrons. The SMILES string of the molecule is Cc1ccccc1C[NH+](C)Cn1nc(-c2cccnc2)n(-c2ccccc2)c1=S. The highest BCUT2D eigenvalue weighted by Gasteiger charge is 2.17. The van der Waals surface area contributed by atoms with Crippen LogP contribution in [-0.4, -0.2) is 26.4 Å². The van der Waals surface area contributed by atoms with Crippen molar-refractivity contribution in [2.45, 2.75) is 20.1 Å². The number of nitrogens with zero attached hydrogens (tertiary/aromatic N) is 4. The second kappa shape index (κ2) is 8.51. The van der Waals surface area contributed by atoms with Gasteiger partial charge in [-0.15, -0.1) is 5.10 Å². The summed E-state index contributed by atoms with van der Waals surface area (Å²) in [5.74, 6) is 0.804. The zero-order valence-corrected chi connectivity index (χ0v) is 17.4. The van der Waals surface area contributed by atoms with Crippen molar-refractivity contribution in [2.24, 2.45) is 0 Å². The predicted molar refractivity (Wildman–Crippen MR) is 117 cm³/mol. The summed E-state index contributed by atoms with van der Waals surface area (Å²) >= 11 is 5.83. The first-order valence-corrected chi connectivity index (χ1v) is 10.1. The lowest BCUT2D eigenvalue weighted by Gasteiger charge is -2.15. The van der Waals surface area contributed by atoms with Gasteiger partial charge in [0.2, 0.25) is 4.77 Å². The molecule has 0 aliphatic rings. The highest BCUT2D eigenvalue weighted by atomic mass is 32.1. The van der Waals surface area contributed by atoms with Gasteiger partial charge >= 0.3 is 0 Å². The van der Waals surface area contributed by atoms with Gasteiger partial charge in [-0.2, -0.15) is 4.68 Å². The minimum absolute atomic E-state index is 0.680. The Morgan fingerprint density at radius 1 is 0.966 bits per heavy atom. The molecular formula is C23H24N5S+. The first-order chi connectivity index (χ1) is 14.1. The van der Waals surface area contributed by atoms with Gasteiger partial charge in [0.15, 0.2) is 12.5 Å². The fourth-order valence-electron chi connectivity index (χ4n) is 3.45. The summed E-state index contributed by atoms with van der Waals surface area (Å²) in [7, 11) is 2.17. The van der Waals surface area contributed by atoms with Crippen LogP contribution in [-0.2, 0) is 13.2 Å². The molecule has 2 aromatic heterocycles. The number of quaternary nitrogens is 1. The van der Waals surface area contributed by atoms with Crippen LogP contribution in [0, 0.1) is 11.7 Å². The maximum absolute atomic E-state index is 5.83. The minimum Gasteiger partial charge on any atom is -0.315 e. The quantitative estimate of drug-likeness (QED) is 0.502. The van der Waals surface area contributed by atoms with Crippen molar-refractivity contribution in [3.8, 4) is 17.1 Å². The Labute approximate surface area is 175 Å². The molecule has 0 aliphatic heterocycles. The Kier molecular flexibility index (Phi) is 5.64. The molecule has 0 saturated heterocycles. The fraction of sp³-hybridized carbons (Fsp3) is 0.174. The van der Waals surface area contributed by atoms with Gasteiger partial charge in [-0.1, -0.05) is 42.5 Å². The molecule has 0 fully saturated rings. The lowest BCUT2D eigenvalue weighted by atomic mass is 10.1. The van der Waals surface area contributed by atoms with E-state index in [4.69, 9.17) is 17.3 Å². The normalized spacial score (nSPS) is 12.1. The number of benzene rings is 2. The van der Waals surface area contributed by atoms with E-state index in [1.807, 2.05) is 57.9 Å². The monoisotopic (exact) mass is 402 g/mol. The first-order valence-electron chi connectivity index (χ1n) is 9.65. The number of aromatic nitrogens is 4. The van der Waals surface area contributed by atoms with Crippen LogP contribution in [0.1, 0.15) is 11.1 Å². The molecule has 4 aromatic rings. The molecule has 4 rings (SSSR count). The van der Waals surface area contributed by atoms with E-state index in [0.29, 0.717) is 11.4 Å². The largest absolute Gasteiger partial charge is 0.315 e. The summed E-state index contributed by atoms with van der Waals surface area (Å²) in [4.78, 5) is 5.57. The summed E-state index contributed by atoms with van der Waals surface area (Å²) in [5, 5.41) is 4.88. The molecule has 5 nitrogen and oxygen atoms in total. The van der Waals surface area contributed by atoms with Crippen LogP contribution in [0.3, 0.4) is 0 Å². The number of aryl methyl sites for hydroxylation is 1. The molecule has 1 unspecified atom stereocenters. The molecule has 0 radical (unpaired) electrons. The molecule has 2 heterocycles. The zero-order valence-electron chi connectivity index (χ0n) is 16.6. The third kappa shape index (κ3) is 4.18. The highest BCUT2D eigenvalue weighted by Crippen LogP contribution is 2.21. The molecule has 0 aliphatic carbocycles. The number of nitrogens with one attached hydrogen (secondary N) is 1. The molecule has 0 bridgehead atoms. The molecule has 1 N–H and O–H groups in total. The van der Waals surface area contributed by atoms with E-state index in [0.717, 1.165) is 23.6 Å². The average Bonchev–Trinajstić information content (AvgIpc) is 3.07. The summed E-state index contributed by atoms with van der Waals surface area (Å²) < 4.78 is 4.62. The molecule has 29 heavy (non-hydrogen) atoms. The second-order valence-electron chi connectivity index (χ2n) is 7.24. The van der Waals surface area contributed by atoms with E-state index in [2.05, 4.69) is 43.2 Å². The first kappa shape index (κ1) is 19.2. The van der Waals surface area contributed by atoms with E-state index < -0.39 is 0 Å². The van der Waals surface area contributed by atoms with Crippen molar-refractivity contribution in [3.63, 3.8) is 0 Å². The molecular weight excluding hydrogens is 378 g/mol. The van der Waals surface area contributed by atoms with Gasteiger partial charge < -0.3 is 4.90 Å². The van der Waals surface area contributed by atoms with Gasteiger partial charge in [0.1, 0.15) is 6.54 Å². The number of hydrogen-bond donors (Lipinski definition) is 1. The van der Waals surface area contributed by atoms with Gasteiger partial charge in [0.05, 0.1) is 7.05 Å². The Balaban J connectivity index is 1.70. The van der Waals surface area contributed by atoms with Gasteiger partial charge in [-0.25, -0.2) is 0 Å². The van der Waals surface area contributed by atoms with E-state index in [1.165, 1.54) is 16.0 Å². The molecule has 1 atom stereocenters. The Hall–Kier alpha value is -3.09. The van der Waals surface area contributed by atoms with Crippen LogP contribution in [0.25, 0.3) is 17.1 Å². The highest BCUT2D eigenvalue weighted by molar-refractivity contribution is 7.71. The lowest BCUT2D eigenvalue weighted by molar-refractivity contribution is -0.917. The summed E-state index contributed by atoms with van der Waals surface area (Å²) in [6.45, 7) is 3.74. The van der Waals surface area contributed by atoms with E-state index >= 15 is 0 Å². The van der Waals surface area contributed by atoms with Crippen LogP contribution in [0.5, 0.6) is 0 Å². The van der Waals surface area contributed by atoms with Crippen LogP contribution in [0.2, 0.25) is 0 Å². The van der Waals surface area contributed by atoms with Crippen molar-refractivity contribution in [1.82, 2.24) is 19.3 Å². The predicted octanol–water partition coefficient (Wildman–Crippen LogP) is 3.45. The zero-order chi connectivity index (χ0) is 20.2. The van der Waals surface area contributed by atoms with Crippen LogP contribution in [0.15, 0.2) is 79.1 Å². The third-order valence-corrected chi connectivity index (χ3v) is 5.34. The molecule has 6 heteroatoms. The molecule has 0 amide bonds.